The molecule has 1 N–H and O–H groups in total. The third-order valence-electron chi connectivity index (χ3n) is 5.16. The number of carbonyl (C=O) groups excluding carboxylic acids is 2. The van der Waals surface area contributed by atoms with E-state index in [1.54, 1.807) is 0 Å². The van der Waals surface area contributed by atoms with Crippen LogP contribution in [0.15, 0.2) is 12.1 Å². The molecule has 3 rings (SSSR count). The summed E-state index contributed by atoms with van der Waals surface area (Å²) in [5.41, 5.74) is 1.76. The molecule has 5 nitrogen and oxygen atoms in total. The zero-order valence-electron chi connectivity index (χ0n) is 14.0. The summed E-state index contributed by atoms with van der Waals surface area (Å²) in [6.45, 7) is 5.27. The molecule has 2 amide bonds. The van der Waals surface area contributed by atoms with Crippen molar-refractivity contribution in [2.45, 2.75) is 45.4 Å². The van der Waals surface area contributed by atoms with Crippen LogP contribution in [0.3, 0.4) is 0 Å². The van der Waals surface area contributed by atoms with Gasteiger partial charge in [-0.25, -0.2) is 0 Å². The van der Waals surface area contributed by atoms with Crippen LogP contribution in [0.25, 0.3) is 0 Å². The molecule has 0 aromatic carbocycles. The van der Waals surface area contributed by atoms with Crippen molar-refractivity contribution >= 4 is 11.8 Å². The molecule has 2 saturated heterocycles. The lowest BCUT2D eigenvalue weighted by atomic mass is 9.94. The van der Waals surface area contributed by atoms with Crippen molar-refractivity contribution in [1.82, 2.24) is 14.8 Å². The van der Waals surface area contributed by atoms with Crippen LogP contribution < -0.4 is 0 Å². The van der Waals surface area contributed by atoms with E-state index in [0.29, 0.717) is 24.7 Å². The van der Waals surface area contributed by atoms with E-state index in [9.17, 15) is 9.59 Å². The summed E-state index contributed by atoms with van der Waals surface area (Å²) < 4.78 is 0. The number of rotatable bonds is 3. The van der Waals surface area contributed by atoms with E-state index in [4.69, 9.17) is 0 Å². The number of H-pyrrole nitrogens is 1. The number of nitrogens with zero attached hydrogens (tertiary/aromatic N) is 2. The van der Waals surface area contributed by atoms with E-state index in [-0.39, 0.29) is 11.8 Å². The maximum absolute atomic E-state index is 12.6. The molecule has 0 radical (unpaired) electrons. The lowest BCUT2D eigenvalue weighted by Crippen LogP contribution is -2.45. The lowest BCUT2D eigenvalue weighted by Gasteiger charge is -2.35. The highest BCUT2D eigenvalue weighted by Gasteiger charge is 2.31. The molecule has 0 unspecified atom stereocenters. The highest BCUT2D eigenvalue weighted by Crippen LogP contribution is 2.23. The van der Waals surface area contributed by atoms with Crippen LogP contribution in [0.1, 0.15) is 55.2 Å². The Labute approximate surface area is 138 Å². The zero-order valence-corrected chi connectivity index (χ0v) is 14.0. The molecule has 5 heteroatoms. The first-order valence-electron chi connectivity index (χ1n) is 8.95. The number of aromatic amines is 1. The van der Waals surface area contributed by atoms with Crippen LogP contribution in [0, 0.1) is 5.92 Å². The average Bonchev–Trinajstić information content (AvgIpc) is 3.10. The first-order chi connectivity index (χ1) is 11.2. The van der Waals surface area contributed by atoms with Crippen molar-refractivity contribution in [2.24, 2.45) is 5.92 Å². The fourth-order valence-corrected chi connectivity index (χ4v) is 3.64. The molecular weight excluding hydrogens is 290 g/mol. The number of nitrogens with one attached hydrogen (secondary N) is 1. The van der Waals surface area contributed by atoms with E-state index < -0.39 is 0 Å². The topological polar surface area (TPSA) is 56.4 Å². The molecule has 2 fully saturated rings. The second-order valence-corrected chi connectivity index (χ2v) is 6.70. The Hall–Kier alpha value is -1.78. The van der Waals surface area contributed by atoms with Crippen molar-refractivity contribution in [1.29, 1.82) is 0 Å². The second kappa shape index (κ2) is 7.20. The summed E-state index contributed by atoms with van der Waals surface area (Å²) in [7, 11) is 0. The predicted octanol–water partition coefficient (Wildman–Crippen LogP) is 2.44. The fraction of sp³-hybridized carbons (Fsp3) is 0.667. The largest absolute Gasteiger partial charge is 0.354 e. The van der Waals surface area contributed by atoms with Crippen molar-refractivity contribution in [3.05, 3.63) is 23.5 Å². The molecule has 2 aliphatic rings. The maximum Gasteiger partial charge on any atom is 0.270 e. The van der Waals surface area contributed by atoms with Crippen LogP contribution >= 0.6 is 0 Å². The summed E-state index contributed by atoms with van der Waals surface area (Å²) >= 11 is 0. The van der Waals surface area contributed by atoms with E-state index in [0.717, 1.165) is 50.9 Å². The number of aryl methyl sites for hydroxylation is 1. The number of hydrogen-bond acceptors (Lipinski definition) is 2. The van der Waals surface area contributed by atoms with E-state index >= 15 is 0 Å². The van der Waals surface area contributed by atoms with Crippen LogP contribution in [0.5, 0.6) is 0 Å². The van der Waals surface area contributed by atoms with Gasteiger partial charge in [0.2, 0.25) is 5.91 Å². The van der Waals surface area contributed by atoms with Gasteiger partial charge in [0.25, 0.3) is 5.91 Å². The Morgan fingerprint density at radius 1 is 1.04 bits per heavy atom. The van der Waals surface area contributed by atoms with E-state index in [1.807, 2.05) is 21.9 Å². The lowest BCUT2D eigenvalue weighted by molar-refractivity contribution is -0.137. The summed E-state index contributed by atoms with van der Waals surface area (Å²) in [6.07, 6.45) is 6.00. The number of amides is 2. The van der Waals surface area contributed by atoms with E-state index in [2.05, 4.69) is 11.9 Å². The zero-order chi connectivity index (χ0) is 16.2. The highest BCUT2D eigenvalue weighted by molar-refractivity contribution is 5.92. The molecule has 0 atom stereocenters. The second-order valence-electron chi connectivity index (χ2n) is 6.70. The van der Waals surface area contributed by atoms with Crippen LogP contribution in [0.2, 0.25) is 0 Å². The number of carbonyl (C=O) groups is 2. The van der Waals surface area contributed by atoms with Gasteiger partial charge in [-0.3, -0.25) is 9.59 Å². The van der Waals surface area contributed by atoms with Crippen LogP contribution in [-0.4, -0.2) is 52.8 Å². The Kier molecular flexibility index (Phi) is 5.03. The van der Waals surface area contributed by atoms with Gasteiger partial charge >= 0.3 is 0 Å². The molecule has 2 aliphatic heterocycles. The van der Waals surface area contributed by atoms with Gasteiger partial charge in [-0.05, 0) is 50.7 Å². The standard InChI is InChI=1S/C18H27N3O2/c1-2-15-6-7-16(19-15)18(23)21-12-8-14(9-13-21)17(22)20-10-4-3-5-11-20/h6-7,14,19H,2-5,8-13H2,1H3. The van der Waals surface area contributed by atoms with Crippen molar-refractivity contribution in [3.63, 3.8) is 0 Å². The average molecular weight is 317 g/mol. The minimum Gasteiger partial charge on any atom is -0.354 e. The molecule has 0 saturated carbocycles. The fourth-order valence-electron chi connectivity index (χ4n) is 3.64. The number of likely N-dealkylation sites (tertiary alicyclic amines) is 2. The van der Waals surface area contributed by atoms with E-state index in [1.165, 1.54) is 6.42 Å². The Bertz CT molecular complexity index is 552. The monoisotopic (exact) mass is 317 g/mol. The van der Waals surface area contributed by atoms with Crippen molar-refractivity contribution < 1.29 is 9.59 Å². The van der Waals surface area contributed by atoms with Gasteiger partial charge in [-0.2, -0.15) is 0 Å². The molecule has 0 bridgehead atoms. The first kappa shape index (κ1) is 16.1. The van der Waals surface area contributed by atoms with Crippen LogP contribution in [-0.2, 0) is 11.2 Å². The quantitative estimate of drug-likeness (QED) is 0.931. The smallest absolute Gasteiger partial charge is 0.270 e. The van der Waals surface area contributed by atoms with Gasteiger partial charge in [-0.1, -0.05) is 6.92 Å². The number of hydrogen-bond donors (Lipinski definition) is 1. The molecule has 126 valence electrons. The molecule has 0 spiro atoms. The number of piperidine rings is 2. The van der Waals surface area contributed by atoms with Crippen molar-refractivity contribution in [2.75, 3.05) is 26.2 Å². The molecule has 1 aromatic heterocycles. The maximum atomic E-state index is 12.6. The highest BCUT2D eigenvalue weighted by atomic mass is 16.2. The van der Waals surface area contributed by atoms with Crippen LogP contribution in [0.4, 0.5) is 0 Å². The van der Waals surface area contributed by atoms with Gasteiger partial charge < -0.3 is 14.8 Å². The summed E-state index contributed by atoms with van der Waals surface area (Å²) in [5.74, 6) is 0.477. The van der Waals surface area contributed by atoms with Gasteiger partial charge in [0.15, 0.2) is 0 Å². The van der Waals surface area contributed by atoms with Gasteiger partial charge in [0, 0.05) is 37.8 Å². The van der Waals surface area contributed by atoms with Gasteiger partial charge in [0.05, 0.1) is 0 Å². The minimum atomic E-state index is 0.0635. The molecule has 3 heterocycles. The molecule has 0 aliphatic carbocycles. The molecule has 23 heavy (non-hydrogen) atoms. The third kappa shape index (κ3) is 3.59. The first-order valence-corrected chi connectivity index (χ1v) is 8.95. The predicted molar refractivity (Wildman–Crippen MR) is 89.2 cm³/mol. The van der Waals surface area contributed by atoms with Crippen molar-refractivity contribution in [3.8, 4) is 0 Å². The Balaban J connectivity index is 1.53. The van der Waals surface area contributed by atoms with Gasteiger partial charge in [-0.15, -0.1) is 0 Å². The summed E-state index contributed by atoms with van der Waals surface area (Å²) in [6, 6.07) is 3.84. The normalized spacial score (nSPS) is 19.9. The Morgan fingerprint density at radius 2 is 1.74 bits per heavy atom. The third-order valence-corrected chi connectivity index (χ3v) is 5.16. The van der Waals surface area contributed by atoms with Gasteiger partial charge in [0.1, 0.15) is 5.69 Å². The minimum absolute atomic E-state index is 0.0635. The summed E-state index contributed by atoms with van der Waals surface area (Å²) in [5, 5.41) is 0. The number of aromatic nitrogens is 1. The molecular formula is C18H27N3O2. The Morgan fingerprint density at radius 3 is 2.35 bits per heavy atom. The SMILES string of the molecule is CCc1ccc(C(=O)N2CCC(C(=O)N3CCCCC3)CC2)[nH]1. The summed E-state index contributed by atoms with van der Waals surface area (Å²) in [4.78, 5) is 32.2. The molecule has 1 aromatic rings.